The molecule has 128 valence electrons. The van der Waals surface area contributed by atoms with Crippen LogP contribution >= 0.6 is 11.6 Å². The molecule has 0 aromatic heterocycles. The van der Waals surface area contributed by atoms with E-state index in [1.807, 2.05) is 19.1 Å². The summed E-state index contributed by atoms with van der Waals surface area (Å²) in [5.74, 6) is 0.399. The third-order valence-electron chi connectivity index (χ3n) is 3.62. The van der Waals surface area contributed by atoms with Crippen molar-refractivity contribution in [2.75, 3.05) is 0 Å². The van der Waals surface area contributed by atoms with Crippen LogP contribution in [0.4, 0.5) is 0 Å². The SMILES string of the molecule is CC(=O)N[C@@H](CC(=O)N[C@@H](C)CCC(C)C)c1ccc(Cl)cc1. The van der Waals surface area contributed by atoms with E-state index < -0.39 is 0 Å². The van der Waals surface area contributed by atoms with E-state index in [0.717, 1.165) is 18.4 Å². The van der Waals surface area contributed by atoms with E-state index in [2.05, 4.69) is 24.5 Å². The minimum atomic E-state index is -0.345. The first kappa shape index (κ1) is 19.5. The van der Waals surface area contributed by atoms with Gasteiger partial charge in [-0.25, -0.2) is 0 Å². The summed E-state index contributed by atoms with van der Waals surface area (Å²) in [5.41, 5.74) is 0.870. The highest BCUT2D eigenvalue weighted by Crippen LogP contribution is 2.19. The van der Waals surface area contributed by atoms with E-state index in [9.17, 15) is 9.59 Å². The van der Waals surface area contributed by atoms with Gasteiger partial charge in [0.25, 0.3) is 0 Å². The second-order valence-corrected chi connectivity index (χ2v) is 6.88. The van der Waals surface area contributed by atoms with Gasteiger partial charge < -0.3 is 10.6 Å². The van der Waals surface area contributed by atoms with Crippen molar-refractivity contribution in [3.05, 3.63) is 34.9 Å². The van der Waals surface area contributed by atoms with Gasteiger partial charge in [-0.15, -0.1) is 0 Å². The summed E-state index contributed by atoms with van der Waals surface area (Å²) in [6.07, 6.45) is 2.25. The fraction of sp³-hybridized carbons (Fsp3) is 0.556. The molecule has 1 aromatic carbocycles. The van der Waals surface area contributed by atoms with E-state index >= 15 is 0 Å². The third kappa shape index (κ3) is 8.03. The Kier molecular flexibility index (Phi) is 8.10. The van der Waals surface area contributed by atoms with Crippen LogP contribution in [0.5, 0.6) is 0 Å². The lowest BCUT2D eigenvalue weighted by Crippen LogP contribution is -2.36. The second-order valence-electron chi connectivity index (χ2n) is 6.45. The average molecular weight is 339 g/mol. The van der Waals surface area contributed by atoms with Crippen molar-refractivity contribution in [2.45, 2.75) is 59.0 Å². The largest absolute Gasteiger partial charge is 0.354 e. The molecule has 0 aliphatic carbocycles. The number of nitrogens with one attached hydrogen (secondary N) is 2. The number of carbonyl (C=O) groups is 2. The Balaban J connectivity index is 2.64. The molecule has 0 fully saturated rings. The maximum Gasteiger partial charge on any atom is 0.222 e. The Hall–Kier alpha value is -1.55. The van der Waals surface area contributed by atoms with Gasteiger partial charge in [-0.1, -0.05) is 37.6 Å². The van der Waals surface area contributed by atoms with Gasteiger partial charge in [0.2, 0.25) is 11.8 Å². The molecule has 0 aliphatic rings. The molecule has 0 saturated heterocycles. The number of benzene rings is 1. The first-order valence-electron chi connectivity index (χ1n) is 8.09. The predicted octanol–water partition coefficient (Wildman–Crippen LogP) is 3.85. The van der Waals surface area contributed by atoms with Crippen molar-refractivity contribution in [1.29, 1.82) is 0 Å². The van der Waals surface area contributed by atoms with Gasteiger partial charge >= 0.3 is 0 Å². The maximum absolute atomic E-state index is 12.2. The third-order valence-corrected chi connectivity index (χ3v) is 3.88. The van der Waals surface area contributed by atoms with Crippen LogP contribution in [0.15, 0.2) is 24.3 Å². The molecule has 2 amide bonds. The van der Waals surface area contributed by atoms with Gasteiger partial charge in [-0.3, -0.25) is 9.59 Å². The van der Waals surface area contributed by atoms with Crippen molar-refractivity contribution in [3.63, 3.8) is 0 Å². The summed E-state index contributed by atoms with van der Waals surface area (Å²) in [4.78, 5) is 23.6. The first-order valence-corrected chi connectivity index (χ1v) is 8.47. The molecular formula is C18H27ClN2O2. The van der Waals surface area contributed by atoms with Crippen molar-refractivity contribution in [3.8, 4) is 0 Å². The molecule has 2 atom stereocenters. The summed E-state index contributed by atoms with van der Waals surface area (Å²) in [7, 11) is 0. The molecule has 0 heterocycles. The predicted molar refractivity (Wildman–Crippen MR) is 94.3 cm³/mol. The molecule has 0 bridgehead atoms. The zero-order valence-electron chi connectivity index (χ0n) is 14.4. The molecule has 0 spiro atoms. The number of hydrogen-bond donors (Lipinski definition) is 2. The van der Waals surface area contributed by atoms with Crippen LogP contribution < -0.4 is 10.6 Å². The Bertz CT molecular complexity index is 514. The van der Waals surface area contributed by atoms with Crippen molar-refractivity contribution in [1.82, 2.24) is 10.6 Å². The number of rotatable bonds is 8. The van der Waals surface area contributed by atoms with Crippen LogP contribution in [-0.4, -0.2) is 17.9 Å². The van der Waals surface area contributed by atoms with Gasteiger partial charge in [-0.05, 0) is 43.4 Å². The minimum absolute atomic E-state index is 0.0602. The Morgan fingerprint density at radius 1 is 1.04 bits per heavy atom. The lowest BCUT2D eigenvalue weighted by atomic mass is 10.0. The van der Waals surface area contributed by atoms with E-state index in [-0.39, 0.29) is 30.3 Å². The first-order chi connectivity index (χ1) is 10.8. The fourth-order valence-corrected chi connectivity index (χ4v) is 2.49. The van der Waals surface area contributed by atoms with E-state index in [1.54, 1.807) is 12.1 Å². The smallest absolute Gasteiger partial charge is 0.222 e. The van der Waals surface area contributed by atoms with E-state index in [4.69, 9.17) is 11.6 Å². The molecule has 4 nitrogen and oxygen atoms in total. The second kappa shape index (κ2) is 9.56. The standard InChI is InChI=1S/C18H27ClN2O2/c1-12(2)5-6-13(3)20-18(23)11-17(21-14(4)22)15-7-9-16(19)10-8-15/h7-10,12-13,17H,5-6,11H2,1-4H3,(H,20,23)(H,21,22)/t13-,17-/m0/s1. The Morgan fingerprint density at radius 2 is 1.65 bits per heavy atom. The summed E-state index contributed by atoms with van der Waals surface area (Å²) in [5, 5.41) is 6.46. The molecule has 0 aliphatic heterocycles. The van der Waals surface area contributed by atoms with Crippen LogP contribution in [0.1, 0.15) is 58.6 Å². The lowest BCUT2D eigenvalue weighted by molar-refractivity contribution is -0.123. The molecule has 23 heavy (non-hydrogen) atoms. The highest BCUT2D eigenvalue weighted by molar-refractivity contribution is 6.30. The molecule has 0 radical (unpaired) electrons. The maximum atomic E-state index is 12.2. The highest BCUT2D eigenvalue weighted by atomic mass is 35.5. The van der Waals surface area contributed by atoms with Crippen LogP contribution in [0.3, 0.4) is 0 Å². The Morgan fingerprint density at radius 3 is 2.17 bits per heavy atom. The molecule has 0 saturated carbocycles. The van der Waals surface area contributed by atoms with Crippen molar-refractivity contribution >= 4 is 23.4 Å². The quantitative estimate of drug-likeness (QED) is 0.756. The van der Waals surface area contributed by atoms with Gasteiger partial charge in [-0.2, -0.15) is 0 Å². The number of hydrogen-bond acceptors (Lipinski definition) is 2. The van der Waals surface area contributed by atoms with Gasteiger partial charge in [0.1, 0.15) is 0 Å². The summed E-state index contributed by atoms with van der Waals surface area (Å²) in [6.45, 7) is 7.80. The van der Waals surface area contributed by atoms with E-state index in [1.165, 1.54) is 6.92 Å². The van der Waals surface area contributed by atoms with Crippen LogP contribution in [0.25, 0.3) is 0 Å². The van der Waals surface area contributed by atoms with Gasteiger partial charge in [0, 0.05) is 18.0 Å². The minimum Gasteiger partial charge on any atom is -0.354 e. The normalized spacial score (nSPS) is 13.5. The molecule has 2 N–H and O–H groups in total. The van der Waals surface area contributed by atoms with Crippen LogP contribution in [-0.2, 0) is 9.59 Å². The molecular weight excluding hydrogens is 312 g/mol. The van der Waals surface area contributed by atoms with Crippen LogP contribution in [0.2, 0.25) is 5.02 Å². The number of amides is 2. The van der Waals surface area contributed by atoms with Crippen LogP contribution in [0, 0.1) is 5.92 Å². The van der Waals surface area contributed by atoms with Gasteiger partial charge in [0.05, 0.1) is 12.5 Å². The Labute approximate surface area is 144 Å². The zero-order valence-corrected chi connectivity index (χ0v) is 15.1. The number of halogens is 1. The lowest BCUT2D eigenvalue weighted by Gasteiger charge is -2.20. The summed E-state index contributed by atoms with van der Waals surface area (Å²) < 4.78 is 0. The molecule has 5 heteroatoms. The fourth-order valence-electron chi connectivity index (χ4n) is 2.37. The molecule has 0 unspecified atom stereocenters. The topological polar surface area (TPSA) is 58.2 Å². The molecule has 1 rings (SSSR count). The summed E-state index contributed by atoms with van der Waals surface area (Å²) in [6, 6.07) is 6.97. The van der Waals surface area contributed by atoms with Crippen molar-refractivity contribution < 1.29 is 9.59 Å². The average Bonchev–Trinajstić information content (AvgIpc) is 2.44. The zero-order chi connectivity index (χ0) is 17.4. The summed E-state index contributed by atoms with van der Waals surface area (Å²) >= 11 is 5.89. The highest BCUT2D eigenvalue weighted by Gasteiger charge is 2.18. The number of carbonyl (C=O) groups excluding carboxylic acids is 2. The molecule has 1 aromatic rings. The monoisotopic (exact) mass is 338 g/mol. The van der Waals surface area contributed by atoms with Gasteiger partial charge in [0.15, 0.2) is 0 Å². The van der Waals surface area contributed by atoms with E-state index in [0.29, 0.717) is 10.9 Å². The van der Waals surface area contributed by atoms with Crippen molar-refractivity contribution in [2.24, 2.45) is 5.92 Å².